The number of aromatic nitrogens is 5. The molecule has 1 N–H and O–H groups in total. The number of para-hydroxylation sites is 1. The highest BCUT2D eigenvalue weighted by Gasteiger charge is 2.10. The van der Waals surface area contributed by atoms with Crippen LogP contribution in [0.1, 0.15) is 15.9 Å². The fourth-order valence-corrected chi connectivity index (χ4v) is 2.75. The van der Waals surface area contributed by atoms with Crippen LogP contribution in [0.5, 0.6) is 0 Å². The summed E-state index contributed by atoms with van der Waals surface area (Å²) >= 11 is 0. The van der Waals surface area contributed by atoms with Gasteiger partial charge in [0.1, 0.15) is 5.52 Å². The van der Waals surface area contributed by atoms with Crippen molar-refractivity contribution in [3.63, 3.8) is 0 Å². The summed E-state index contributed by atoms with van der Waals surface area (Å²) in [6, 6.07) is 15.1. The highest BCUT2D eigenvalue weighted by Crippen LogP contribution is 2.15. The summed E-state index contributed by atoms with van der Waals surface area (Å²) in [5.74, 6) is -0.150. The van der Waals surface area contributed by atoms with Crippen LogP contribution < -0.4 is 5.32 Å². The Balaban J connectivity index is 1.54. The second-order valence-electron chi connectivity index (χ2n) is 5.68. The van der Waals surface area contributed by atoms with Gasteiger partial charge >= 0.3 is 0 Å². The number of carbonyl (C=O) groups is 1. The van der Waals surface area contributed by atoms with E-state index in [9.17, 15) is 4.79 Å². The molecule has 0 atom stereocenters. The van der Waals surface area contributed by atoms with Gasteiger partial charge in [-0.25, -0.2) is 9.36 Å². The van der Waals surface area contributed by atoms with E-state index in [-0.39, 0.29) is 5.91 Å². The second kappa shape index (κ2) is 6.20. The molecule has 7 heteroatoms. The average molecular weight is 332 g/mol. The van der Waals surface area contributed by atoms with Crippen molar-refractivity contribution in [1.82, 2.24) is 30.1 Å². The lowest BCUT2D eigenvalue weighted by molar-refractivity contribution is 0.0951. The van der Waals surface area contributed by atoms with Gasteiger partial charge < -0.3 is 5.32 Å². The molecule has 7 nitrogen and oxygen atoms in total. The minimum atomic E-state index is -0.150. The van der Waals surface area contributed by atoms with Gasteiger partial charge in [-0.05, 0) is 35.9 Å². The number of hydrogen-bond donors (Lipinski definition) is 1. The first-order valence-electron chi connectivity index (χ1n) is 7.88. The molecule has 1 amide bonds. The summed E-state index contributed by atoms with van der Waals surface area (Å²) in [5.41, 5.74) is 4.08. The maximum atomic E-state index is 12.5. The molecule has 0 unspecified atom stereocenters. The standard InChI is InChI=1S/C18H16N6O/c1-23-17-8-7-13(11-15(17)21-22-23)18(25)19-12-14-5-2-3-6-16(14)24-10-4-9-20-24/h2-11H,12H2,1H3,(H,19,25). The molecule has 25 heavy (non-hydrogen) atoms. The maximum Gasteiger partial charge on any atom is 0.251 e. The van der Waals surface area contributed by atoms with Crippen molar-refractivity contribution in [3.8, 4) is 5.69 Å². The lowest BCUT2D eigenvalue weighted by Crippen LogP contribution is -2.23. The first kappa shape index (κ1) is 15.1. The Kier molecular flexibility index (Phi) is 3.74. The Morgan fingerprint density at radius 1 is 1.16 bits per heavy atom. The Bertz CT molecular complexity index is 1030. The summed E-state index contributed by atoms with van der Waals surface area (Å²) in [6.45, 7) is 0.410. The number of fused-ring (bicyclic) bond motifs is 1. The van der Waals surface area contributed by atoms with Gasteiger partial charge in [-0.1, -0.05) is 23.4 Å². The number of amides is 1. The molecule has 0 aliphatic carbocycles. The smallest absolute Gasteiger partial charge is 0.251 e. The van der Waals surface area contributed by atoms with Crippen molar-refractivity contribution >= 4 is 16.9 Å². The van der Waals surface area contributed by atoms with Crippen LogP contribution in [0, 0.1) is 0 Å². The first-order valence-corrected chi connectivity index (χ1v) is 7.88. The summed E-state index contributed by atoms with van der Waals surface area (Å²) in [5, 5.41) is 15.2. The van der Waals surface area contributed by atoms with Gasteiger partial charge in [0, 0.05) is 31.5 Å². The first-order chi connectivity index (χ1) is 12.2. The molecule has 2 aromatic carbocycles. The zero-order valence-electron chi connectivity index (χ0n) is 13.6. The van der Waals surface area contributed by atoms with E-state index in [1.54, 1.807) is 27.7 Å². The molecular formula is C18H16N6O. The number of nitrogens with zero attached hydrogens (tertiary/aromatic N) is 5. The average Bonchev–Trinajstić information content (AvgIpc) is 3.30. The Morgan fingerprint density at radius 3 is 2.88 bits per heavy atom. The third-order valence-electron chi connectivity index (χ3n) is 4.06. The van der Waals surface area contributed by atoms with Crippen LogP contribution in [0.3, 0.4) is 0 Å². The van der Waals surface area contributed by atoms with E-state index in [1.807, 2.05) is 49.6 Å². The minimum Gasteiger partial charge on any atom is -0.348 e. The van der Waals surface area contributed by atoms with Crippen LogP contribution in [-0.4, -0.2) is 30.7 Å². The van der Waals surface area contributed by atoms with E-state index in [0.717, 1.165) is 16.8 Å². The molecule has 0 spiro atoms. The van der Waals surface area contributed by atoms with Crippen LogP contribution in [0.15, 0.2) is 60.9 Å². The number of benzene rings is 2. The molecule has 0 radical (unpaired) electrons. The largest absolute Gasteiger partial charge is 0.348 e. The minimum absolute atomic E-state index is 0.150. The van der Waals surface area contributed by atoms with Gasteiger partial charge in [-0.15, -0.1) is 5.10 Å². The van der Waals surface area contributed by atoms with E-state index in [1.165, 1.54) is 0 Å². The SMILES string of the molecule is Cn1nnc2cc(C(=O)NCc3ccccc3-n3cccn3)ccc21. The molecule has 0 aliphatic rings. The lowest BCUT2D eigenvalue weighted by atomic mass is 10.1. The highest BCUT2D eigenvalue weighted by molar-refractivity contribution is 5.97. The number of nitrogens with one attached hydrogen (secondary N) is 1. The monoisotopic (exact) mass is 332 g/mol. The normalized spacial score (nSPS) is 10.9. The van der Waals surface area contributed by atoms with Crippen molar-refractivity contribution in [3.05, 3.63) is 72.1 Å². The maximum absolute atomic E-state index is 12.5. The van der Waals surface area contributed by atoms with E-state index in [4.69, 9.17) is 0 Å². The van der Waals surface area contributed by atoms with E-state index >= 15 is 0 Å². The van der Waals surface area contributed by atoms with Crippen LogP contribution in [-0.2, 0) is 13.6 Å². The van der Waals surface area contributed by atoms with Gasteiger partial charge in [0.2, 0.25) is 0 Å². The van der Waals surface area contributed by atoms with Gasteiger partial charge in [-0.3, -0.25) is 4.79 Å². The number of hydrogen-bond acceptors (Lipinski definition) is 4. The van der Waals surface area contributed by atoms with Crippen molar-refractivity contribution in [2.24, 2.45) is 7.05 Å². The fraction of sp³-hybridized carbons (Fsp3) is 0.111. The van der Waals surface area contributed by atoms with Crippen molar-refractivity contribution < 1.29 is 4.79 Å². The predicted molar refractivity (Wildman–Crippen MR) is 93.2 cm³/mol. The molecule has 2 heterocycles. The third kappa shape index (κ3) is 2.87. The second-order valence-corrected chi connectivity index (χ2v) is 5.68. The van der Waals surface area contributed by atoms with Gasteiger partial charge in [0.15, 0.2) is 0 Å². The van der Waals surface area contributed by atoms with Crippen LogP contribution >= 0.6 is 0 Å². The van der Waals surface area contributed by atoms with Gasteiger partial charge in [-0.2, -0.15) is 5.10 Å². The van der Waals surface area contributed by atoms with Crippen LogP contribution in [0.2, 0.25) is 0 Å². The molecule has 0 aliphatic heterocycles. The van der Waals surface area contributed by atoms with E-state index in [0.29, 0.717) is 17.6 Å². The topological polar surface area (TPSA) is 77.6 Å². The summed E-state index contributed by atoms with van der Waals surface area (Å²) in [6.07, 6.45) is 3.61. The Labute approximate surface area is 143 Å². The van der Waals surface area contributed by atoms with Crippen LogP contribution in [0.25, 0.3) is 16.7 Å². The lowest BCUT2D eigenvalue weighted by Gasteiger charge is -2.11. The molecule has 0 bridgehead atoms. The molecule has 0 saturated carbocycles. The van der Waals surface area contributed by atoms with Crippen molar-refractivity contribution in [2.45, 2.75) is 6.54 Å². The number of carbonyl (C=O) groups excluding carboxylic acids is 1. The molecule has 4 aromatic rings. The number of aryl methyl sites for hydroxylation is 1. The zero-order chi connectivity index (χ0) is 17.2. The number of rotatable bonds is 4. The molecule has 0 fully saturated rings. The third-order valence-corrected chi connectivity index (χ3v) is 4.06. The van der Waals surface area contributed by atoms with Crippen molar-refractivity contribution in [1.29, 1.82) is 0 Å². The molecule has 2 aromatic heterocycles. The van der Waals surface area contributed by atoms with E-state index in [2.05, 4.69) is 20.7 Å². The Hall–Kier alpha value is -3.48. The molecule has 124 valence electrons. The van der Waals surface area contributed by atoms with E-state index < -0.39 is 0 Å². The molecule has 4 rings (SSSR count). The van der Waals surface area contributed by atoms with Gasteiger partial charge in [0.25, 0.3) is 5.91 Å². The highest BCUT2D eigenvalue weighted by atomic mass is 16.1. The summed E-state index contributed by atoms with van der Waals surface area (Å²) in [7, 11) is 1.82. The Morgan fingerprint density at radius 2 is 2.04 bits per heavy atom. The van der Waals surface area contributed by atoms with Gasteiger partial charge in [0.05, 0.1) is 11.2 Å². The molecule has 0 saturated heterocycles. The fourth-order valence-electron chi connectivity index (χ4n) is 2.75. The summed E-state index contributed by atoms with van der Waals surface area (Å²) < 4.78 is 3.46. The quantitative estimate of drug-likeness (QED) is 0.621. The summed E-state index contributed by atoms with van der Waals surface area (Å²) in [4.78, 5) is 12.5. The molecular weight excluding hydrogens is 316 g/mol. The van der Waals surface area contributed by atoms with Crippen molar-refractivity contribution in [2.75, 3.05) is 0 Å². The van der Waals surface area contributed by atoms with Crippen LogP contribution in [0.4, 0.5) is 0 Å². The zero-order valence-corrected chi connectivity index (χ0v) is 13.6. The predicted octanol–water partition coefficient (Wildman–Crippen LogP) is 2.08.